The van der Waals surface area contributed by atoms with E-state index in [0.29, 0.717) is 0 Å². The van der Waals surface area contributed by atoms with Crippen LogP contribution >= 0.6 is 15.9 Å². The summed E-state index contributed by atoms with van der Waals surface area (Å²) in [7, 11) is 0. The highest BCUT2D eigenvalue weighted by atomic mass is 79.9. The van der Waals surface area contributed by atoms with E-state index in [-0.39, 0.29) is 6.04 Å². The molecule has 0 spiro atoms. The van der Waals surface area contributed by atoms with Crippen LogP contribution in [0.2, 0.25) is 0 Å². The minimum absolute atomic E-state index is 0.178. The van der Waals surface area contributed by atoms with Crippen molar-refractivity contribution in [1.29, 1.82) is 0 Å². The van der Waals surface area contributed by atoms with Crippen molar-refractivity contribution < 1.29 is 4.42 Å². The van der Waals surface area contributed by atoms with Crippen molar-refractivity contribution in [1.82, 2.24) is 5.32 Å². The van der Waals surface area contributed by atoms with Crippen LogP contribution in [0.4, 0.5) is 0 Å². The minimum Gasteiger partial charge on any atom is -0.472 e. The van der Waals surface area contributed by atoms with Gasteiger partial charge in [-0.1, -0.05) is 41.1 Å². The van der Waals surface area contributed by atoms with Crippen LogP contribution in [0, 0.1) is 0 Å². The number of fused-ring (bicyclic) bond motifs is 1. The third-order valence-electron chi connectivity index (χ3n) is 3.63. The molecule has 1 N–H and O–H groups in total. The predicted molar refractivity (Wildman–Crippen MR) is 90.5 cm³/mol. The molecule has 0 saturated heterocycles. The number of rotatable bonds is 5. The fourth-order valence-corrected chi connectivity index (χ4v) is 2.95. The molecule has 21 heavy (non-hydrogen) atoms. The Kier molecular flexibility index (Phi) is 4.42. The zero-order valence-electron chi connectivity index (χ0n) is 12.0. The Morgan fingerprint density at radius 1 is 1.05 bits per heavy atom. The highest BCUT2D eigenvalue weighted by Gasteiger charge is 2.14. The molecule has 0 aliphatic rings. The maximum Gasteiger partial charge on any atom is 0.0953 e. The average molecular weight is 344 g/mol. The summed E-state index contributed by atoms with van der Waals surface area (Å²) in [5, 5.41) is 6.09. The van der Waals surface area contributed by atoms with Gasteiger partial charge in [0.1, 0.15) is 0 Å². The zero-order valence-corrected chi connectivity index (χ0v) is 13.6. The fourth-order valence-electron chi connectivity index (χ4n) is 2.57. The van der Waals surface area contributed by atoms with E-state index in [9.17, 15) is 0 Å². The summed E-state index contributed by atoms with van der Waals surface area (Å²) < 4.78 is 6.36. The lowest BCUT2D eigenvalue weighted by Gasteiger charge is -2.18. The molecule has 0 aliphatic heterocycles. The topological polar surface area (TPSA) is 25.2 Å². The van der Waals surface area contributed by atoms with E-state index in [1.54, 1.807) is 6.26 Å². The Bertz CT molecular complexity index is 721. The lowest BCUT2D eigenvalue weighted by Crippen LogP contribution is -2.22. The normalized spacial score (nSPS) is 12.7. The molecule has 3 heteroatoms. The highest BCUT2D eigenvalue weighted by molar-refractivity contribution is 9.10. The van der Waals surface area contributed by atoms with Crippen LogP contribution in [0.25, 0.3) is 10.8 Å². The summed E-state index contributed by atoms with van der Waals surface area (Å²) in [5.41, 5.74) is 2.43. The van der Waals surface area contributed by atoms with Crippen LogP contribution in [0.1, 0.15) is 30.5 Å². The van der Waals surface area contributed by atoms with Crippen LogP contribution in [-0.2, 0) is 0 Å². The van der Waals surface area contributed by atoms with Crippen LogP contribution in [0.15, 0.2) is 63.9 Å². The molecule has 1 unspecified atom stereocenters. The van der Waals surface area contributed by atoms with Gasteiger partial charge in [-0.15, -0.1) is 0 Å². The van der Waals surface area contributed by atoms with Crippen LogP contribution < -0.4 is 5.32 Å². The van der Waals surface area contributed by atoms with Gasteiger partial charge in [0.25, 0.3) is 0 Å². The maximum atomic E-state index is 5.25. The second-order valence-corrected chi connectivity index (χ2v) is 6.11. The van der Waals surface area contributed by atoms with Gasteiger partial charge in [0.15, 0.2) is 0 Å². The van der Waals surface area contributed by atoms with E-state index in [1.165, 1.54) is 21.9 Å². The molecular weight excluding hydrogens is 326 g/mol. The number of hydrogen-bond donors (Lipinski definition) is 1. The molecule has 3 aromatic rings. The Hall–Kier alpha value is -1.58. The van der Waals surface area contributed by atoms with Crippen molar-refractivity contribution in [2.24, 2.45) is 0 Å². The monoisotopic (exact) mass is 343 g/mol. The van der Waals surface area contributed by atoms with Crippen LogP contribution in [-0.4, -0.2) is 6.54 Å². The van der Waals surface area contributed by atoms with Gasteiger partial charge in [-0.2, -0.15) is 0 Å². The maximum absolute atomic E-state index is 5.25. The van der Waals surface area contributed by atoms with Crippen molar-refractivity contribution in [3.63, 3.8) is 0 Å². The van der Waals surface area contributed by atoms with Gasteiger partial charge in [-0.25, -0.2) is 0 Å². The van der Waals surface area contributed by atoms with Crippen molar-refractivity contribution in [2.75, 3.05) is 6.54 Å². The molecule has 3 rings (SSSR count). The third-order valence-corrected chi connectivity index (χ3v) is 4.13. The quantitative estimate of drug-likeness (QED) is 0.681. The van der Waals surface area contributed by atoms with E-state index >= 15 is 0 Å². The molecule has 0 saturated carbocycles. The fraction of sp³-hybridized carbons (Fsp3) is 0.222. The molecule has 108 valence electrons. The second kappa shape index (κ2) is 6.46. The summed E-state index contributed by atoms with van der Waals surface area (Å²) in [4.78, 5) is 0. The molecule has 0 bridgehead atoms. The number of furan rings is 1. The Balaban J connectivity index is 2.00. The molecule has 2 nitrogen and oxygen atoms in total. The molecule has 1 heterocycles. The number of halogens is 1. The first-order valence-electron chi connectivity index (χ1n) is 7.22. The number of hydrogen-bond acceptors (Lipinski definition) is 2. The smallest absolute Gasteiger partial charge is 0.0953 e. The first-order chi connectivity index (χ1) is 10.3. The number of benzene rings is 2. The molecule has 0 radical (unpaired) electrons. The average Bonchev–Trinajstić information content (AvgIpc) is 3.02. The molecule has 0 aliphatic carbocycles. The van der Waals surface area contributed by atoms with Crippen molar-refractivity contribution >= 4 is 26.7 Å². The van der Waals surface area contributed by atoms with E-state index in [0.717, 1.165) is 17.4 Å². The first kappa shape index (κ1) is 14.4. The summed E-state index contributed by atoms with van der Waals surface area (Å²) in [6, 6.07) is 15.2. The standard InChI is InChI=1S/C18H18BrNO/c1-2-8-20-18(16-7-9-21-12-16)15-4-3-14-11-17(19)6-5-13(14)10-15/h3-7,9-12,18,20H,2,8H2,1H3. The van der Waals surface area contributed by atoms with E-state index in [4.69, 9.17) is 4.42 Å². The molecule has 0 amide bonds. The lowest BCUT2D eigenvalue weighted by molar-refractivity contribution is 0.548. The molecule has 2 aromatic carbocycles. The van der Waals surface area contributed by atoms with Crippen LogP contribution in [0.5, 0.6) is 0 Å². The van der Waals surface area contributed by atoms with Gasteiger partial charge in [0.05, 0.1) is 18.6 Å². The van der Waals surface area contributed by atoms with Gasteiger partial charge in [0, 0.05) is 10.0 Å². The lowest BCUT2D eigenvalue weighted by atomic mass is 9.98. The van der Waals surface area contributed by atoms with Crippen molar-refractivity contribution in [2.45, 2.75) is 19.4 Å². The summed E-state index contributed by atoms with van der Waals surface area (Å²) >= 11 is 3.52. The largest absolute Gasteiger partial charge is 0.472 e. The van der Waals surface area contributed by atoms with Crippen molar-refractivity contribution in [3.05, 3.63) is 70.6 Å². The summed E-state index contributed by atoms with van der Waals surface area (Å²) in [6.45, 7) is 3.16. The highest BCUT2D eigenvalue weighted by Crippen LogP contribution is 2.27. The molecular formula is C18H18BrNO. The first-order valence-corrected chi connectivity index (χ1v) is 8.02. The zero-order chi connectivity index (χ0) is 14.7. The van der Waals surface area contributed by atoms with E-state index in [2.05, 4.69) is 64.6 Å². The van der Waals surface area contributed by atoms with Gasteiger partial charge >= 0.3 is 0 Å². The van der Waals surface area contributed by atoms with Gasteiger partial charge in [-0.3, -0.25) is 0 Å². The summed E-state index contributed by atoms with van der Waals surface area (Å²) in [5.74, 6) is 0. The SMILES string of the molecule is CCCNC(c1ccoc1)c1ccc2cc(Br)ccc2c1. The summed E-state index contributed by atoms with van der Waals surface area (Å²) in [6.07, 6.45) is 4.65. The van der Waals surface area contributed by atoms with Gasteiger partial charge in [-0.05, 0) is 53.6 Å². The predicted octanol–water partition coefficient (Wildman–Crippen LogP) is 5.28. The van der Waals surface area contributed by atoms with E-state index in [1.807, 2.05) is 12.3 Å². The third kappa shape index (κ3) is 3.20. The molecule has 0 fully saturated rings. The number of nitrogens with one attached hydrogen (secondary N) is 1. The van der Waals surface area contributed by atoms with Crippen molar-refractivity contribution in [3.8, 4) is 0 Å². The second-order valence-electron chi connectivity index (χ2n) is 5.19. The Labute approximate surface area is 133 Å². The van der Waals surface area contributed by atoms with Gasteiger partial charge < -0.3 is 9.73 Å². The molecule has 1 atom stereocenters. The Morgan fingerprint density at radius 3 is 2.62 bits per heavy atom. The van der Waals surface area contributed by atoms with Crippen LogP contribution in [0.3, 0.4) is 0 Å². The van der Waals surface area contributed by atoms with Gasteiger partial charge in [0.2, 0.25) is 0 Å². The Morgan fingerprint density at radius 2 is 1.86 bits per heavy atom. The van der Waals surface area contributed by atoms with E-state index < -0.39 is 0 Å². The molecule has 1 aromatic heterocycles. The minimum atomic E-state index is 0.178.